The number of hydrogen-bond acceptors (Lipinski definition) is 8. The number of allylic oxidation sites excluding steroid dienone is 1. The summed E-state index contributed by atoms with van der Waals surface area (Å²) in [6.07, 6.45) is 1.65. The van der Waals surface area contributed by atoms with Crippen molar-refractivity contribution in [2.24, 2.45) is 0 Å². The summed E-state index contributed by atoms with van der Waals surface area (Å²) < 4.78 is 11.9. The van der Waals surface area contributed by atoms with Crippen LogP contribution in [0.3, 0.4) is 0 Å². The summed E-state index contributed by atoms with van der Waals surface area (Å²) in [5.41, 5.74) is 1.05. The van der Waals surface area contributed by atoms with Crippen molar-refractivity contribution >= 4 is 29.3 Å². The maximum Gasteiger partial charge on any atom is 0.251 e. The Morgan fingerprint density at radius 1 is 1.09 bits per heavy atom. The van der Waals surface area contributed by atoms with Gasteiger partial charge < -0.3 is 29.8 Å². The zero-order chi connectivity index (χ0) is 25.2. The Hall–Kier alpha value is -3.83. The number of ether oxygens (including phenoxy) is 2. The number of carbonyl (C=O) groups is 2. The molecule has 1 atom stereocenters. The molecule has 0 spiro atoms. The van der Waals surface area contributed by atoms with E-state index in [9.17, 15) is 14.7 Å². The Balaban J connectivity index is 1.67. The molecule has 1 aromatic heterocycles. The first-order valence-electron chi connectivity index (χ1n) is 10.7. The number of aromatic nitrogens is 3. The Morgan fingerprint density at radius 3 is 2.29 bits per heavy atom. The van der Waals surface area contributed by atoms with Crippen molar-refractivity contribution in [3.63, 3.8) is 0 Å². The summed E-state index contributed by atoms with van der Waals surface area (Å²) in [6, 6.07) is 12.8. The third-order valence-corrected chi connectivity index (χ3v) is 5.88. The molecule has 11 heteroatoms. The van der Waals surface area contributed by atoms with Gasteiger partial charge in [0.25, 0.3) is 5.91 Å². The predicted octanol–water partition coefficient (Wildman–Crippen LogP) is 2.68. The molecule has 0 bridgehead atoms. The Labute approximate surface area is 207 Å². The number of carbonyl (C=O) groups excluding carboxylic acids is 2. The minimum absolute atomic E-state index is 0.0866. The lowest BCUT2D eigenvalue weighted by molar-refractivity contribution is -0.113. The number of nitrogens with zero attached hydrogens (tertiary/aromatic N) is 3. The van der Waals surface area contributed by atoms with E-state index in [1.807, 2.05) is 0 Å². The van der Waals surface area contributed by atoms with Gasteiger partial charge in [0.15, 0.2) is 11.0 Å². The second-order valence-corrected chi connectivity index (χ2v) is 8.19. The molecule has 1 heterocycles. The van der Waals surface area contributed by atoms with E-state index in [0.717, 1.165) is 0 Å². The van der Waals surface area contributed by atoms with Gasteiger partial charge in [-0.25, -0.2) is 0 Å². The van der Waals surface area contributed by atoms with Crippen molar-refractivity contribution in [3.8, 4) is 11.5 Å². The summed E-state index contributed by atoms with van der Waals surface area (Å²) in [4.78, 5) is 25.1. The molecule has 2 amide bonds. The van der Waals surface area contributed by atoms with E-state index in [4.69, 9.17) is 9.47 Å². The van der Waals surface area contributed by atoms with Gasteiger partial charge in [0.1, 0.15) is 17.5 Å². The van der Waals surface area contributed by atoms with Crippen LogP contribution in [0.15, 0.2) is 66.3 Å². The zero-order valence-electron chi connectivity index (χ0n) is 19.4. The third kappa shape index (κ3) is 6.84. The monoisotopic (exact) mass is 497 g/mol. The van der Waals surface area contributed by atoms with Gasteiger partial charge in [-0.1, -0.05) is 17.8 Å². The van der Waals surface area contributed by atoms with Gasteiger partial charge >= 0.3 is 0 Å². The Bertz CT molecular complexity index is 1150. The van der Waals surface area contributed by atoms with Crippen LogP contribution in [0.2, 0.25) is 0 Å². The minimum atomic E-state index is -0.806. The summed E-state index contributed by atoms with van der Waals surface area (Å²) >= 11 is 1.19. The molecular formula is C24H27N5O5S. The average Bonchev–Trinajstić information content (AvgIpc) is 3.28. The molecule has 3 aromatic rings. The molecular weight excluding hydrogens is 470 g/mol. The van der Waals surface area contributed by atoms with Crippen LogP contribution in [-0.4, -0.2) is 58.3 Å². The van der Waals surface area contributed by atoms with Gasteiger partial charge in [-0.05, 0) is 48.5 Å². The van der Waals surface area contributed by atoms with E-state index < -0.39 is 6.04 Å². The molecule has 0 unspecified atom stereocenters. The number of anilines is 1. The molecule has 0 fully saturated rings. The molecule has 3 N–H and O–H groups in total. The van der Waals surface area contributed by atoms with Gasteiger partial charge in [0.2, 0.25) is 5.91 Å². The highest BCUT2D eigenvalue weighted by Gasteiger charge is 2.23. The van der Waals surface area contributed by atoms with Gasteiger partial charge in [-0.15, -0.1) is 16.8 Å². The van der Waals surface area contributed by atoms with E-state index in [2.05, 4.69) is 27.4 Å². The summed E-state index contributed by atoms with van der Waals surface area (Å²) in [6.45, 7) is 3.70. The number of benzene rings is 2. The number of nitrogens with one attached hydrogen (secondary N) is 2. The average molecular weight is 498 g/mol. The lowest BCUT2D eigenvalue weighted by Crippen LogP contribution is -2.33. The van der Waals surface area contributed by atoms with Crippen LogP contribution in [0.4, 0.5) is 5.69 Å². The summed E-state index contributed by atoms with van der Waals surface area (Å²) in [7, 11) is 3.12. The molecule has 0 aliphatic carbocycles. The van der Waals surface area contributed by atoms with Crippen molar-refractivity contribution in [2.45, 2.75) is 17.7 Å². The molecule has 0 saturated carbocycles. The molecule has 0 aliphatic rings. The normalized spacial score (nSPS) is 11.4. The van der Waals surface area contributed by atoms with E-state index in [1.165, 1.54) is 11.8 Å². The Kier molecular flexibility index (Phi) is 9.27. The number of aliphatic hydroxyl groups is 1. The van der Waals surface area contributed by atoms with Crippen LogP contribution in [-0.2, 0) is 11.3 Å². The summed E-state index contributed by atoms with van der Waals surface area (Å²) in [5, 5.41) is 24.3. The first-order valence-corrected chi connectivity index (χ1v) is 11.6. The second-order valence-electron chi connectivity index (χ2n) is 7.24. The molecule has 184 valence electrons. The van der Waals surface area contributed by atoms with Crippen molar-refractivity contribution in [3.05, 3.63) is 72.6 Å². The number of rotatable bonds is 12. The molecule has 35 heavy (non-hydrogen) atoms. The number of aliphatic hydroxyl groups excluding tert-OH is 1. The fourth-order valence-corrected chi connectivity index (χ4v) is 3.90. The topological polar surface area (TPSA) is 128 Å². The highest BCUT2D eigenvalue weighted by atomic mass is 32.2. The van der Waals surface area contributed by atoms with Gasteiger partial charge in [-0.2, -0.15) is 0 Å². The van der Waals surface area contributed by atoms with Gasteiger partial charge in [0.05, 0.1) is 26.6 Å². The molecule has 0 aliphatic heterocycles. The smallest absolute Gasteiger partial charge is 0.251 e. The van der Waals surface area contributed by atoms with E-state index in [0.29, 0.717) is 40.3 Å². The van der Waals surface area contributed by atoms with Crippen LogP contribution >= 0.6 is 11.8 Å². The van der Waals surface area contributed by atoms with Crippen molar-refractivity contribution in [1.82, 2.24) is 20.1 Å². The summed E-state index contributed by atoms with van der Waals surface area (Å²) in [5.74, 6) is 1.16. The maximum absolute atomic E-state index is 12.7. The Morgan fingerprint density at radius 2 is 1.71 bits per heavy atom. The molecule has 3 rings (SSSR count). The maximum atomic E-state index is 12.7. The predicted molar refractivity (Wildman–Crippen MR) is 133 cm³/mol. The van der Waals surface area contributed by atoms with Crippen LogP contribution in [0.25, 0.3) is 0 Å². The number of thioether (sulfide) groups is 1. The lowest BCUT2D eigenvalue weighted by atomic mass is 10.2. The SMILES string of the molecule is C=CCn1c(SCC(=O)Nc2ccc(OC)cc2)nnc1[C@H](CO)NC(=O)c1ccc(OC)cc1. The molecule has 0 radical (unpaired) electrons. The fourth-order valence-electron chi connectivity index (χ4n) is 3.14. The van der Waals surface area contributed by atoms with Crippen molar-refractivity contribution in [2.75, 3.05) is 31.9 Å². The third-order valence-electron chi connectivity index (χ3n) is 4.92. The number of methoxy groups -OCH3 is 2. The molecule has 10 nitrogen and oxygen atoms in total. The first-order chi connectivity index (χ1) is 17.0. The lowest BCUT2D eigenvalue weighted by Gasteiger charge is -2.17. The zero-order valence-corrected chi connectivity index (χ0v) is 20.2. The van der Waals surface area contributed by atoms with Crippen LogP contribution in [0.5, 0.6) is 11.5 Å². The first kappa shape index (κ1) is 25.8. The van der Waals surface area contributed by atoms with Crippen molar-refractivity contribution in [1.29, 1.82) is 0 Å². The minimum Gasteiger partial charge on any atom is -0.497 e. The largest absolute Gasteiger partial charge is 0.497 e. The fraction of sp³-hybridized carbons (Fsp3) is 0.250. The van der Waals surface area contributed by atoms with Crippen LogP contribution < -0.4 is 20.1 Å². The van der Waals surface area contributed by atoms with Crippen LogP contribution in [0, 0.1) is 0 Å². The second kappa shape index (κ2) is 12.6. The van der Waals surface area contributed by atoms with Crippen LogP contribution in [0.1, 0.15) is 22.2 Å². The number of hydrogen-bond donors (Lipinski definition) is 3. The highest BCUT2D eigenvalue weighted by Crippen LogP contribution is 2.22. The van der Waals surface area contributed by atoms with E-state index in [1.54, 1.807) is 73.4 Å². The standard InChI is InChI=1S/C24H27N5O5S/c1-4-13-29-22(20(14-30)26-23(32)16-5-9-18(33-2)10-6-16)27-28-24(29)35-15-21(31)25-17-7-11-19(34-3)12-8-17/h4-12,20,30H,1,13-15H2,2-3H3,(H,25,31)(H,26,32)/t20-/m0/s1. The van der Waals surface area contributed by atoms with E-state index in [-0.39, 0.29) is 24.2 Å². The number of amides is 2. The molecule has 0 saturated heterocycles. The van der Waals surface area contributed by atoms with Gasteiger partial charge in [-0.3, -0.25) is 9.59 Å². The van der Waals surface area contributed by atoms with Crippen molar-refractivity contribution < 1.29 is 24.2 Å². The molecule has 2 aromatic carbocycles. The van der Waals surface area contributed by atoms with Gasteiger partial charge in [0, 0.05) is 17.8 Å². The van der Waals surface area contributed by atoms with E-state index >= 15 is 0 Å². The highest BCUT2D eigenvalue weighted by molar-refractivity contribution is 7.99. The quantitative estimate of drug-likeness (QED) is 0.257.